The molecule has 5 aromatic rings. The molecule has 3 aromatic heterocycles. The van der Waals surface area contributed by atoms with E-state index in [1.807, 2.05) is 17.9 Å². The number of nitrogens with one attached hydrogen (secondary N) is 2. The zero-order valence-electron chi connectivity index (χ0n) is 21.6. The molecule has 2 aliphatic rings. The monoisotopic (exact) mass is 492 g/mol. The minimum absolute atomic E-state index is 0.530. The van der Waals surface area contributed by atoms with Crippen LogP contribution in [0, 0.1) is 0 Å². The number of hydrogen-bond acceptors (Lipinski definition) is 5. The second-order valence-electron chi connectivity index (χ2n) is 10.6. The second-order valence-corrected chi connectivity index (χ2v) is 10.6. The molecule has 2 N–H and O–H groups in total. The normalized spacial score (nSPS) is 18.0. The van der Waals surface area contributed by atoms with Gasteiger partial charge in [0.15, 0.2) is 5.82 Å². The van der Waals surface area contributed by atoms with Crippen molar-refractivity contribution in [1.82, 2.24) is 39.8 Å². The predicted molar refractivity (Wildman–Crippen MR) is 144 cm³/mol. The highest BCUT2D eigenvalue weighted by Crippen LogP contribution is 2.45. The number of hydrogen-bond donors (Lipinski definition) is 2. The number of benzene rings is 2. The van der Waals surface area contributed by atoms with E-state index in [1.165, 1.54) is 40.7 Å². The van der Waals surface area contributed by atoms with Gasteiger partial charge in [0.1, 0.15) is 11.6 Å². The molecule has 0 radical (unpaired) electrons. The number of aromatic amines is 2. The van der Waals surface area contributed by atoms with Crippen molar-refractivity contribution in [3.63, 3.8) is 0 Å². The molecule has 8 nitrogen and oxygen atoms in total. The van der Waals surface area contributed by atoms with E-state index in [4.69, 9.17) is 15.1 Å². The van der Waals surface area contributed by atoms with Crippen molar-refractivity contribution >= 4 is 10.9 Å². The van der Waals surface area contributed by atoms with Crippen LogP contribution in [0.15, 0.2) is 42.6 Å². The Bertz CT molecular complexity index is 1580. The molecule has 1 atom stereocenters. The number of fused-ring (bicyclic) bond motifs is 2. The van der Waals surface area contributed by atoms with Gasteiger partial charge < -0.3 is 4.98 Å². The van der Waals surface area contributed by atoms with Gasteiger partial charge in [-0.25, -0.2) is 9.97 Å². The summed E-state index contributed by atoms with van der Waals surface area (Å²) in [5, 5.41) is 13.4. The molecule has 8 heteroatoms. The number of rotatable bonds is 6. The van der Waals surface area contributed by atoms with Crippen LogP contribution in [-0.4, -0.2) is 52.4 Å². The minimum atomic E-state index is 0.530. The first-order chi connectivity index (χ1) is 18.1. The summed E-state index contributed by atoms with van der Waals surface area (Å²) in [4.78, 5) is 15.9. The van der Waals surface area contributed by atoms with Gasteiger partial charge in [0.25, 0.3) is 0 Å². The third kappa shape index (κ3) is 3.96. The quantitative estimate of drug-likeness (QED) is 0.349. The van der Waals surface area contributed by atoms with Crippen molar-refractivity contribution in [3.8, 4) is 22.8 Å². The van der Waals surface area contributed by atoms with Crippen LogP contribution in [0.1, 0.15) is 60.9 Å². The van der Waals surface area contributed by atoms with Gasteiger partial charge in [0.2, 0.25) is 0 Å². The lowest BCUT2D eigenvalue weighted by Crippen LogP contribution is -2.38. The van der Waals surface area contributed by atoms with E-state index >= 15 is 0 Å². The summed E-state index contributed by atoms with van der Waals surface area (Å²) in [6.07, 6.45) is 6.23. The largest absolute Gasteiger partial charge is 0.341 e. The van der Waals surface area contributed by atoms with Crippen molar-refractivity contribution in [3.05, 3.63) is 70.9 Å². The maximum atomic E-state index is 4.94. The third-order valence-corrected chi connectivity index (χ3v) is 8.10. The zero-order valence-corrected chi connectivity index (χ0v) is 21.6. The number of likely N-dealkylation sites (N-methyl/N-ethyl adjacent to an activating group) is 1. The van der Waals surface area contributed by atoms with Crippen LogP contribution in [0.5, 0.6) is 0 Å². The number of imidazole rings is 1. The fourth-order valence-electron chi connectivity index (χ4n) is 5.81. The van der Waals surface area contributed by atoms with Gasteiger partial charge >= 0.3 is 0 Å². The molecule has 188 valence electrons. The maximum absolute atomic E-state index is 4.94. The van der Waals surface area contributed by atoms with Crippen molar-refractivity contribution in [1.29, 1.82) is 0 Å². The fraction of sp³-hybridized carbons (Fsp3) is 0.379. The van der Waals surface area contributed by atoms with E-state index in [0.717, 1.165) is 60.0 Å². The first-order valence-electron chi connectivity index (χ1n) is 13.3. The molecule has 0 saturated heterocycles. The summed E-state index contributed by atoms with van der Waals surface area (Å²) < 4.78 is 1.92. The zero-order chi connectivity index (χ0) is 25.1. The van der Waals surface area contributed by atoms with E-state index in [1.54, 1.807) is 0 Å². The standard InChI is InChI=1S/C29H32N8/c1-4-37-16-25-24(13-17(37)2)31-28(32-25)19-7-9-20(10-8-19)29-33-26(36(3)35-29)14-21-11-12-23-22(15-30-34-23)27(21)18-5-6-18/h7-12,15,17-18H,4-6,13-14,16H2,1-3H3,(H,30,34)(H,31,32). The Hall–Kier alpha value is -3.78. The highest BCUT2D eigenvalue weighted by molar-refractivity contribution is 5.84. The van der Waals surface area contributed by atoms with E-state index in [2.05, 4.69) is 70.3 Å². The summed E-state index contributed by atoms with van der Waals surface area (Å²) in [6.45, 7) is 6.50. The lowest BCUT2D eigenvalue weighted by Gasteiger charge is -2.31. The summed E-state index contributed by atoms with van der Waals surface area (Å²) in [6, 6.07) is 13.3. The van der Waals surface area contributed by atoms with Crippen LogP contribution in [0.4, 0.5) is 0 Å². The minimum Gasteiger partial charge on any atom is -0.341 e. The highest BCUT2D eigenvalue weighted by Gasteiger charge is 2.29. The van der Waals surface area contributed by atoms with Gasteiger partial charge in [-0.2, -0.15) is 10.2 Å². The number of aromatic nitrogens is 7. The molecule has 0 spiro atoms. The van der Waals surface area contributed by atoms with Crippen LogP contribution in [0.25, 0.3) is 33.7 Å². The molecular formula is C29H32N8. The smallest absolute Gasteiger partial charge is 0.181 e. The average molecular weight is 493 g/mol. The first-order valence-corrected chi connectivity index (χ1v) is 13.3. The summed E-state index contributed by atoms with van der Waals surface area (Å²) in [7, 11) is 1.99. The summed E-state index contributed by atoms with van der Waals surface area (Å²) in [5.41, 5.74) is 8.41. The number of H-pyrrole nitrogens is 2. The van der Waals surface area contributed by atoms with E-state index in [-0.39, 0.29) is 0 Å². The van der Waals surface area contributed by atoms with E-state index in [9.17, 15) is 0 Å². The Morgan fingerprint density at radius 3 is 2.62 bits per heavy atom. The van der Waals surface area contributed by atoms with E-state index in [0.29, 0.717) is 12.0 Å². The van der Waals surface area contributed by atoms with Crippen LogP contribution in [0.2, 0.25) is 0 Å². The Morgan fingerprint density at radius 1 is 1.03 bits per heavy atom. The molecule has 4 heterocycles. The highest BCUT2D eigenvalue weighted by atomic mass is 15.3. The maximum Gasteiger partial charge on any atom is 0.181 e. The molecule has 1 saturated carbocycles. The van der Waals surface area contributed by atoms with Crippen LogP contribution in [0.3, 0.4) is 0 Å². The topological polar surface area (TPSA) is 91.3 Å². The molecule has 2 aromatic carbocycles. The predicted octanol–water partition coefficient (Wildman–Crippen LogP) is 4.98. The molecule has 1 aliphatic heterocycles. The number of nitrogens with zero attached hydrogens (tertiary/aromatic N) is 6. The third-order valence-electron chi connectivity index (χ3n) is 8.10. The summed E-state index contributed by atoms with van der Waals surface area (Å²) >= 11 is 0. The van der Waals surface area contributed by atoms with Gasteiger partial charge in [-0.05, 0) is 49.4 Å². The Labute approximate surface area is 216 Å². The molecular weight excluding hydrogens is 460 g/mol. The van der Waals surface area contributed by atoms with Crippen molar-refractivity contribution < 1.29 is 0 Å². The fourth-order valence-corrected chi connectivity index (χ4v) is 5.81. The Balaban J connectivity index is 1.14. The SMILES string of the molecule is CCN1Cc2[nH]c(-c3ccc(-c4nc(Cc5ccc6[nH]ncc6c5C5CC5)n(C)n4)cc3)nc2CC1C. The van der Waals surface area contributed by atoms with Crippen LogP contribution in [-0.2, 0) is 26.4 Å². The van der Waals surface area contributed by atoms with Gasteiger partial charge in [0, 0.05) is 49.0 Å². The van der Waals surface area contributed by atoms with Gasteiger partial charge in [-0.15, -0.1) is 0 Å². The number of aryl methyl sites for hydroxylation is 1. The lowest BCUT2D eigenvalue weighted by atomic mass is 9.97. The second kappa shape index (κ2) is 8.66. The van der Waals surface area contributed by atoms with Crippen LogP contribution >= 0.6 is 0 Å². The molecule has 7 rings (SSSR count). The van der Waals surface area contributed by atoms with Gasteiger partial charge in [0.05, 0.1) is 23.1 Å². The molecule has 1 aliphatic carbocycles. The first kappa shape index (κ1) is 22.4. The van der Waals surface area contributed by atoms with Gasteiger partial charge in [-0.3, -0.25) is 14.7 Å². The van der Waals surface area contributed by atoms with Crippen molar-refractivity contribution in [2.45, 2.75) is 58.0 Å². The Kier molecular flexibility index (Phi) is 5.25. The molecule has 0 bridgehead atoms. The average Bonchev–Trinajstić information content (AvgIpc) is 3.30. The lowest BCUT2D eigenvalue weighted by molar-refractivity contribution is 0.191. The molecule has 0 amide bonds. The van der Waals surface area contributed by atoms with Gasteiger partial charge in [-0.1, -0.05) is 37.3 Å². The summed E-state index contributed by atoms with van der Waals surface area (Å²) in [5.74, 6) is 3.31. The Morgan fingerprint density at radius 2 is 1.84 bits per heavy atom. The molecule has 1 unspecified atom stereocenters. The van der Waals surface area contributed by atoms with Crippen LogP contribution < -0.4 is 0 Å². The molecule has 37 heavy (non-hydrogen) atoms. The molecule has 1 fully saturated rings. The van der Waals surface area contributed by atoms with E-state index < -0.39 is 0 Å². The van der Waals surface area contributed by atoms with Crippen molar-refractivity contribution in [2.24, 2.45) is 7.05 Å². The van der Waals surface area contributed by atoms with Crippen molar-refractivity contribution in [2.75, 3.05) is 6.54 Å².